The van der Waals surface area contributed by atoms with Gasteiger partial charge in [0, 0.05) is 17.6 Å². The molecule has 2 rings (SSSR count). The molecule has 22 heavy (non-hydrogen) atoms. The van der Waals surface area contributed by atoms with Crippen LogP contribution < -0.4 is 15.5 Å². The third-order valence-corrected chi connectivity index (χ3v) is 3.11. The standard InChI is InChI=1S/C14H19BFNO5/c1-14(2,3)21-13(18)17-7-10-11-8(16)5-6-9(20-4)12(11)15(19)22-10/h5-6,10,19H,7H2,1-4H3,(H,17,18). The second-order valence-electron chi connectivity index (χ2n) is 5.94. The minimum absolute atomic E-state index is 0.0247. The van der Waals surface area contributed by atoms with E-state index in [1.54, 1.807) is 20.8 Å². The molecule has 0 fully saturated rings. The molecule has 0 aliphatic carbocycles. The summed E-state index contributed by atoms with van der Waals surface area (Å²) in [5.41, 5.74) is -0.201. The van der Waals surface area contributed by atoms with Gasteiger partial charge >= 0.3 is 13.2 Å². The first-order valence-corrected chi connectivity index (χ1v) is 6.89. The molecule has 0 aromatic heterocycles. The number of halogens is 1. The molecule has 1 heterocycles. The second-order valence-corrected chi connectivity index (χ2v) is 5.94. The van der Waals surface area contributed by atoms with E-state index < -0.39 is 30.7 Å². The van der Waals surface area contributed by atoms with Crippen molar-refractivity contribution in [1.82, 2.24) is 5.32 Å². The summed E-state index contributed by atoms with van der Waals surface area (Å²) in [6.45, 7) is 5.19. The van der Waals surface area contributed by atoms with Crippen LogP contribution in [0.25, 0.3) is 0 Å². The number of hydrogen-bond donors (Lipinski definition) is 2. The number of fused-ring (bicyclic) bond motifs is 1. The molecule has 1 aliphatic rings. The Labute approximate surface area is 128 Å². The normalized spacial score (nSPS) is 17.2. The smallest absolute Gasteiger partial charge is 0.495 e. The third kappa shape index (κ3) is 3.51. The van der Waals surface area contributed by atoms with E-state index in [1.807, 2.05) is 0 Å². The predicted octanol–water partition coefficient (Wildman–Crippen LogP) is 1.12. The lowest BCUT2D eigenvalue weighted by atomic mass is 9.78. The van der Waals surface area contributed by atoms with Crippen LogP contribution in [0.15, 0.2) is 12.1 Å². The summed E-state index contributed by atoms with van der Waals surface area (Å²) in [6, 6.07) is 2.66. The molecule has 1 aromatic carbocycles. The zero-order chi connectivity index (χ0) is 16.5. The highest BCUT2D eigenvalue weighted by Gasteiger charge is 2.40. The topological polar surface area (TPSA) is 77.0 Å². The number of nitrogens with one attached hydrogen (secondary N) is 1. The molecule has 1 atom stereocenters. The molecule has 0 radical (unpaired) electrons. The number of hydrogen-bond acceptors (Lipinski definition) is 5. The van der Waals surface area contributed by atoms with Crippen molar-refractivity contribution in [1.29, 1.82) is 0 Å². The quantitative estimate of drug-likeness (QED) is 0.818. The van der Waals surface area contributed by atoms with Crippen LogP contribution in [0.5, 0.6) is 5.75 Å². The fourth-order valence-electron chi connectivity index (χ4n) is 2.28. The Morgan fingerprint density at radius 2 is 2.18 bits per heavy atom. The largest absolute Gasteiger partial charge is 0.497 e. The Kier molecular flexibility index (Phi) is 4.62. The average molecular weight is 311 g/mol. The lowest BCUT2D eigenvalue weighted by molar-refractivity contribution is 0.0497. The Balaban J connectivity index is 2.12. The van der Waals surface area contributed by atoms with Crippen molar-refractivity contribution in [2.24, 2.45) is 0 Å². The Morgan fingerprint density at radius 3 is 2.77 bits per heavy atom. The van der Waals surface area contributed by atoms with Crippen molar-refractivity contribution in [3.05, 3.63) is 23.5 Å². The van der Waals surface area contributed by atoms with Crippen LogP contribution in [0, 0.1) is 5.82 Å². The molecule has 120 valence electrons. The summed E-state index contributed by atoms with van der Waals surface area (Å²) in [5.74, 6) is -0.188. The van der Waals surface area contributed by atoms with Crippen molar-refractivity contribution in [2.45, 2.75) is 32.5 Å². The highest BCUT2D eigenvalue weighted by molar-refractivity contribution is 6.62. The first-order chi connectivity index (χ1) is 10.2. The number of carbonyl (C=O) groups excluding carboxylic acids is 1. The molecule has 0 saturated heterocycles. The van der Waals surface area contributed by atoms with Gasteiger partial charge in [0.15, 0.2) is 0 Å². The maximum absolute atomic E-state index is 14.0. The minimum Gasteiger partial charge on any atom is -0.497 e. The molecule has 2 N–H and O–H groups in total. The lowest BCUT2D eigenvalue weighted by Crippen LogP contribution is -2.35. The molecule has 0 saturated carbocycles. The van der Waals surface area contributed by atoms with E-state index >= 15 is 0 Å². The fraction of sp³-hybridized carbons (Fsp3) is 0.500. The van der Waals surface area contributed by atoms with Crippen molar-refractivity contribution in [3.63, 3.8) is 0 Å². The van der Waals surface area contributed by atoms with Gasteiger partial charge in [-0.05, 0) is 32.9 Å². The Hall–Kier alpha value is -1.80. The molecular formula is C14H19BFNO5. The minimum atomic E-state index is -1.30. The van der Waals surface area contributed by atoms with E-state index in [9.17, 15) is 14.2 Å². The second kappa shape index (κ2) is 6.14. The van der Waals surface area contributed by atoms with Gasteiger partial charge in [-0.1, -0.05) is 0 Å². The first-order valence-electron chi connectivity index (χ1n) is 6.89. The Morgan fingerprint density at radius 1 is 1.50 bits per heavy atom. The lowest BCUT2D eigenvalue weighted by Gasteiger charge is -2.21. The highest BCUT2D eigenvalue weighted by atomic mass is 19.1. The van der Waals surface area contributed by atoms with Gasteiger partial charge in [0.2, 0.25) is 0 Å². The van der Waals surface area contributed by atoms with Crippen molar-refractivity contribution in [2.75, 3.05) is 13.7 Å². The van der Waals surface area contributed by atoms with E-state index in [0.717, 1.165) is 0 Å². The summed E-state index contributed by atoms with van der Waals surface area (Å²) in [7, 11) is 0.123. The molecule has 0 bridgehead atoms. The van der Waals surface area contributed by atoms with Crippen LogP contribution in [-0.4, -0.2) is 37.5 Å². The number of alkyl carbamates (subject to hydrolysis) is 1. The van der Waals surface area contributed by atoms with E-state index in [-0.39, 0.29) is 17.6 Å². The molecule has 8 heteroatoms. The predicted molar refractivity (Wildman–Crippen MR) is 78.6 cm³/mol. The monoisotopic (exact) mass is 311 g/mol. The number of rotatable bonds is 3. The molecule has 1 amide bonds. The van der Waals surface area contributed by atoms with Crippen LogP contribution >= 0.6 is 0 Å². The van der Waals surface area contributed by atoms with Crippen molar-refractivity contribution < 1.29 is 28.3 Å². The Bertz CT molecular complexity index is 575. The molecule has 0 spiro atoms. The van der Waals surface area contributed by atoms with Crippen LogP contribution in [0.1, 0.15) is 32.4 Å². The first kappa shape index (κ1) is 16.6. The molecule has 1 aromatic rings. The van der Waals surface area contributed by atoms with Crippen LogP contribution in [0.2, 0.25) is 0 Å². The maximum atomic E-state index is 14.0. The van der Waals surface area contributed by atoms with Gasteiger partial charge in [-0.3, -0.25) is 0 Å². The summed E-state index contributed by atoms with van der Waals surface area (Å²) >= 11 is 0. The molecule has 1 unspecified atom stereocenters. The van der Waals surface area contributed by atoms with Gasteiger partial charge in [0.25, 0.3) is 0 Å². The number of carbonyl (C=O) groups is 1. The van der Waals surface area contributed by atoms with Gasteiger partial charge in [0.05, 0.1) is 13.2 Å². The van der Waals surface area contributed by atoms with Crippen molar-refractivity contribution >= 4 is 18.7 Å². The summed E-state index contributed by atoms with van der Waals surface area (Å²) in [4.78, 5) is 11.6. The summed E-state index contributed by atoms with van der Waals surface area (Å²) < 4.78 is 29.5. The molecular weight excluding hydrogens is 292 g/mol. The zero-order valence-corrected chi connectivity index (χ0v) is 13.0. The van der Waals surface area contributed by atoms with Crippen LogP contribution in [0.4, 0.5) is 9.18 Å². The van der Waals surface area contributed by atoms with Gasteiger partial charge in [-0.15, -0.1) is 0 Å². The number of benzene rings is 1. The SMILES string of the molecule is COc1ccc(F)c2c1B(O)OC2CNC(=O)OC(C)(C)C. The summed E-state index contributed by atoms with van der Waals surface area (Å²) in [6.07, 6.45) is -1.45. The number of amides is 1. The maximum Gasteiger partial charge on any atom is 0.495 e. The third-order valence-electron chi connectivity index (χ3n) is 3.11. The van der Waals surface area contributed by atoms with Crippen molar-refractivity contribution in [3.8, 4) is 5.75 Å². The summed E-state index contributed by atoms with van der Waals surface area (Å²) in [5, 5.41) is 12.4. The van der Waals surface area contributed by atoms with E-state index in [4.69, 9.17) is 14.1 Å². The van der Waals surface area contributed by atoms with Gasteiger partial charge in [-0.2, -0.15) is 0 Å². The number of ether oxygens (including phenoxy) is 2. The highest BCUT2D eigenvalue weighted by Crippen LogP contribution is 2.29. The average Bonchev–Trinajstić information content (AvgIpc) is 2.74. The zero-order valence-electron chi connectivity index (χ0n) is 13.0. The fourth-order valence-corrected chi connectivity index (χ4v) is 2.28. The number of methoxy groups -OCH3 is 1. The van der Waals surface area contributed by atoms with Crippen LogP contribution in [0.3, 0.4) is 0 Å². The van der Waals surface area contributed by atoms with Gasteiger partial charge in [-0.25, -0.2) is 9.18 Å². The molecule has 6 nitrogen and oxygen atoms in total. The molecule has 1 aliphatic heterocycles. The van der Waals surface area contributed by atoms with Gasteiger partial charge < -0.3 is 24.5 Å². The van der Waals surface area contributed by atoms with E-state index in [0.29, 0.717) is 5.75 Å². The van der Waals surface area contributed by atoms with Gasteiger partial charge in [0.1, 0.15) is 17.2 Å². The van der Waals surface area contributed by atoms with E-state index in [1.165, 1.54) is 19.2 Å². The van der Waals surface area contributed by atoms with Crippen LogP contribution in [-0.2, 0) is 9.39 Å². The van der Waals surface area contributed by atoms with E-state index in [2.05, 4.69) is 5.32 Å².